The minimum Gasteiger partial charge on any atom is -0.483 e. The molecule has 1 aliphatic rings. The van der Waals surface area contributed by atoms with E-state index in [2.05, 4.69) is 20.7 Å². The normalized spacial score (nSPS) is 14.9. The zero-order valence-electron chi connectivity index (χ0n) is 16.1. The van der Waals surface area contributed by atoms with Crippen molar-refractivity contribution >= 4 is 24.1 Å². The Morgan fingerprint density at radius 3 is 2.45 bits per heavy atom. The monoisotopic (exact) mass is 406 g/mol. The molecule has 0 radical (unpaired) electrons. The van der Waals surface area contributed by atoms with Gasteiger partial charge >= 0.3 is 0 Å². The number of nitrogens with one attached hydrogen (secondary N) is 2. The Morgan fingerprint density at radius 2 is 1.93 bits per heavy atom. The molecule has 0 saturated carbocycles. The number of pyridine rings is 1. The lowest BCUT2D eigenvalue weighted by Crippen LogP contribution is -2.58. The predicted octanol–water partition coefficient (Wildman–Crippen LogP) is 0.488. The van der Waals surface area contributed by atoms with Crippen LogP contribution in [0.3, 0.4) is 0 Å². The molecule has 0 unspecified atom stereocenters. The molecule has 10 nitrogen and oxygen atoms in total. The zero-order valence-corrected chi connectivity index (χ0v) is 16.1. The van der Waals surface area contributed by atoms with Crippen LogP contribution in [0.25, 0.3) is 0 Å². The lowest BCUT2D eigenvalue weighted by molar-refractivity contribution is -0.126. The van der Waals surface area contributed by atoms with Gasteiger partial charge in [0.2, 0.25) is 11.9 Å². The topological polar surface area (TPSA) is 129 Å². The van der Waals surface area contributed by atoms with Crippen LogP contribution in [-0.4, -0.2) is 68.7 Å². The summed E-state index contributed by atoms with van der Waals surface area (Å²) in [6.07, 6.45) is 3.77. The van der Waals surface area contributed by atoms with Crippen molar-refractivity contribution < 1.29 is 23.9 Å². The van der Waals surface area contributed by atoms with Crippen molar-refractivity contribution in [1.82, 2.24) is 25.0 Å². The van der Waals surface area contributed by atoms with Crippen LogP contribution >= 0.6 is 0 Å². The van der Waals surface area contributed by atoms with E-state index in [0.29, 0.717) is 25.9 Å². The molecule has 3 heterocycles. The Labute approximate surface area is 166 Å². The van der Waals surface area contributed by atoms with Crippen LogP contribution in [0.4, 0.5) is 10.2 Å². The highest BCUT2D eigenvalue weighted by Gasteiger charge is 2.42. The van der Waals surface area contributed by atoms with Gasteiger partial charge in [0.15, 0.2) is 0 Å². The van der Waals surface area contributed by atoms with Crippen LogP contribution in [0.5, 0.6) is 0 Å². The number of amides is 2. The van der Waals surface area contributed by atoms with Crippen molar-refractivity contribution in [3.63, 3.8) is 0 Å². The summed E-state index contributed by atoms with van der Waals surface area (Å²) in [6, 6.07) is 4.40. The molecule has 3 N–H and O–H groups in total. The lowest BCUT2D eigenvalue weighted by Gasteiger charge is -2.41. The van der Waals surface area contributed by atoms with Gasteiger partial charge in [0, 0.05) is 51.1 Å². The van der Waals surface area contributed by atoms with Gasteiger partial charge in [-0.1, -0.05) is 0 Å². The number of carbonyl (C=O) groups excluding carboxylic acids is 2. The number of rotatable bonds is 4. The van der Waals surface area contributed by atoms with Crippen LogP contribution in [-0.2, 0) is 16.6 Å². The van der Waals surface area contributed by atoms with E-state index in [4.69, 9.17) is 9.90 Å². The molecule has 0 spiro atoms. The summed E-state index contributed by atoms with van der Waals surface area (Å²) >= 11 is 0. The average molecular weight is 406 g/mol. The first kappa shape index (κ1) is 21.8. The standard InChI is InChI=1S/C17H21FN6O2.CH2O2/c1-19-16(26)17(22-14-4-8-21-23(14)2)5-9-24(10-6-17)15(25)12-3-7-20-13(18)11-12;2-1-3/h3-4,7-8,11,22H,5-6,9-10H2,1-2H3,(H,19,26);1H,(H,2,3). The number of piperidine rings is 1. The third kappa shape index (κ3) is 5.06. The summed E-state index contributed by atoms with van der Waals surface area (Å²) in [5, 5.41) is 17.0. The van der Waals surface area contributed by atoms with E-state index < -0.39 is 11.5 Å². The van der Waals surface area contributed by atoms with Crippen LogP contribution in [0, 0.1) is 5.95 Å². The molecule has 0 aliphatic carbocycles. The second-order valence-corrected chi connectivity index (χ2v) is 6.39. The summed E-state index contributed by atoms with van der Waals surface area (Å²) < 4.78 is 14.9. The quantitative estimate of drug-likeness (QED) is 0.498. The maximum atomic E-state index is 13.3. The van der Waals surface area contributed by atoms with Gasteiger partial charge in [0.25, 0.3) is 12.4 Å². The van der Waals surface area contributed by atoms with Crippen LogP contribution in [0.15, 0.2) is 30.6 Å². The molecule has 2 aromatic heterocycles. The van der Waals surface area contributed by atoms with E-state index in [0.717, 1.165) is 11.9 Å². The molecule has 29 heavy (non-hydrogen) atoms. The number of aryl methyl sites for hydroxylation is 1. The van der Waals surface area contributed by atoms with Crippen LogP contribution < -0.4 is 10.6 Å². The van der Waals surface area contributed by atoms with Crippen molar-refractivity contribution in [1.29, 1.82) is 0 Å². The van der Waals surface area contributed by atoms with Gasteiger partial charge in [-0.2, -0.15) is 9.49 Å². The fourth-order valence-corrected chi connectivity index (χ4v) is 3.20. The molecule has 1 aliphatic heterocycles. The molecular weight excluding hydrogens is 383 g/mol. The van der Waals surface area contributed by atoms with Crippen molar-refractivity contribution in [2.24, 2.45) is 7.05 Å². The third-order valence-corrected chi connectivity index (χ3v) is 4.73. The summed E-state index contributed by atoms with van der Waals surface area (Å²) in [5.41, 5.74) is -0.576. The minimum atomic E-state index is -0.831. The van der Waals surface area contributed by atoms with Gasteiger partial charge in [-0.25, -0.2) is 4.98 Å². The lowest BCUT2D eigenvalue weighted by atomic mass is 9.86. The number of halogens is 1. The molecular formula is C18H23FN6O4. The number of anilines is 1. The first-order valence-electron chi connectivity index (χ1n) is 8.84. The van der Waals surface area contributed by atoms with Gasteiger partial charge in [0.1, 0.15) is 11.4 Å². The van der Waals surface area contributed by atoms with E-state index in [9.17, 15) is 14.0 Å². The molecule has 0 atom stereocenters. The molecule has 0 aromatic carbocycles. The summed E-state index contributed by atoms with van der Waals surface area (Å²) in [7, 11) is 3.38. The predicted molar refractivity (Wildman–Crippen MR) is 102 cm³/mol. The molecule has 156 valence electrons. The first-order valence-corrected chi connectivity index (χ1v) is 8.84. The SMILES string of the molecule is CNC(=O)C1(Nc2ccnn2C)CCN(C(=O)c2ccnc(F)c2)CC1.O=CO. The van der Waals surface area contributed by atoms with Crippen molar-refractivity contribution in [3.05, 3.63) is 42.1 Å². The molecule has 2 amide bonds. The summed E-state index contributed by atoms with van der Waals surface area (Å²) in [5.74, 6) is -0.367. The maximum Gasteiger partial charge on any atom is 0.290 e. The number of hydrogen-bond acceptors (Lipinski definition) is 6. The fourth-order valence-electron chi connectivity index (χ4n) is 3.20. The molecule has 0 bridgehead atoms. The molecule has 1 saturated heterocycles. The number of carbonyl (C=O) groups is 3. The third-order valence-electron chi connectivity index (χ3n) is 4.73. The molecule has 3 rings (SSSR count). The highest BCUT2D eigenvalue weighted by molar-refractivity contribution is 5.95. The number of hydrogen-bond donors (Lipinski definition) is 3. The number of carboxylic acid groups (broad SMARTS) is 1. The molecule has 2 aromatic rings. The first-order chi connectivity index (χ1) is 13.9. The van der Waals surface area contributed by atoms with E-state index in [1.165, 1.54) is 12.3 Å². The highest BCUT2D eigenvalue weighted by Crippen LogP contribution is 2.28. The second-order valence-electron chi connectivity index (χ2n) is 6.39. The average Bonchev–Trinajstić information content (AvgIpc) is 3.12. The fraction of sp³-hybridized carbons (Fsp3) is 0.389. The van der Waals surface area contributed by atoms with Crippen LogP contribution in [0.2, 0.25) is 0 Å². The second kappa shape index (κ2) is 9.62. The van der Waals surface area contributed by atoms with Crippen molar-refractivity contribution in [2.75, 3.05) is 25.5 Å². The van der Waals surface area contributed by atoms with Gasteiger partial charge in [-0.05, 0) is 18.9 Å². The van der Waals surface area contributed by atoms with E-state index in [1.807, 2.05) is 0 Å². The summed E-state index contributed by atoms with van der Waals surface area (Å²) in [4.78, 5) is 38.6. The number of nitrogens with zero attached hydrogens (tertiary/aromatic N) is 4. The zero-order chi connectivity index (χ0) is 21.4. The van der Waals surface area contributed by atoms with Gasteiger partial charge in [-0.15, -0.1) is 0 Å². The minimum absolute atomic E-state index is 0.138. The number of likely N-dealkylation sites (tertiary alicyclic amines) is 1. The Kier molecular flexibility index (Phi) is 7.23. The number of likely N-dealkylation sites (N-methyl/N-ethyl adjacent to an activating group) is 1. The highest BCUT2D eigenvalue weighted by atomic mass is 19.1. The largest absolute Gasteiger partial charge is 0.483 e. The maximum absolute atomic E-state index is 13.3. The van der Waals surface area contributed by atoms with E-state index in [-0.39, 0.29) is 23.9 Å². The Morgan fingerprint density at radius 1 is 1.28 bits per heavy atom. The van der Waals surface area contributed by atoms with E-state index in [1.54, 1.807) is 35.9 Å². The Balaban J connectivity index is 0.000000941. The van der Waals surface area contributed by atoms with Crippen molar-refractivity contribution in [2.45, 2.75) is 18.4 Å². The van der Waals surface area contributed by atoms with Crippen LogP contribution in [0.1, 0.15) is 23.2 Å². The van der Waals surface area contributed by atoms with Crippen molar-refractivity contribution in [3.8, 4) is 0 Å². The Hall–Kier alpha value is -3.50. The molecule has 11 heteroatoms. The van der Waals surface area contributed by atoms with Gasteiger partial charge in [-0.3, -0.25) is 19.1 Å². The molecule has 1 fully saturated rings. The van der Waals surface area contributed by atoms with E-state index >= 15 is 0 Å². The van der Waals surface area contributed by atoms with Gasteiger partial charge < -0.3 is 20.6 Å². The Bertz CT molecular complexity index is 864. The summed E-state index contributed by atoms with van der Waals surface area (Å²) in [6.45, 7) is 0.502. The smallest absolute Gasteiger partial charge is 0.290 e. The number of aromatic nitrogens is 3. The van der Waals surface area contributed by atoms with Gasteiger partial charge in [0.05, 0.1) is 6.20 Å².